The molecule has 2 fully saturated rings. The number of rotatable bonds is 6. The van der Waals surface area contributed by atoms with Gasteiger partial charge in [-0.3, -0.25) is 9.59 Å². The summed E-state index contributed by atoms with van der Waals surface area (Å²) in [7, 11) is 0. The van der Waals surface area contributed by atoms with E-state index in [0.29, 0.717) is 40.8 Å². The van der Waals surface area contributed by atoms with Crippen molar-refractivity contribution in [2.24, 2.45) is 5.92 Å². The van der Waals surface area contributed by atoms with Gasteiger partial charge in [-0.2, -0.15) is 0 Å². The quantitative estimate of drug-likeness (QED) is 0.687. The molecule has 2 heterocycles. The number of amides is 2. The zero-order valence-corrected chi connectivity index (χ0v) is 18.7. The number of aryl methyl sites for hydroxylation is 1. The van der Waals surface area contributed by atoms with Gasteiger partial charge in [0.2, 0.25) is 5.91 Å². The van der Waals surface area contributed by atoms with Crippen LogP contribution in [-0.4, -0.2) is 39.8 Å². The van der Waals surface area contributed by atoms with Gasteiger partial charge in [0.1, 0.15) is 5.82 Å². The highest BCUT2D eigenvalue weighted by molar-refractivity contribution is 6.30. The Hall–Kier alpha value is -2.47. The molecule has 0 spiro atoms. The number of carbonyl (C=O) groups excluding carboxylic acids is 2. The molecule has 1 atom stereocenters. The van der Waals surface area contributed by atoms with Crippen molar-refractivity contribution in [2.75, 3.05) is 18.4 Å². The highest BCUT2D eigenvalue weighted by atomic mass is 35.5. The molecule has 1 aromatic heterocycles. The van der Waals surface area contributed by atoms with Gasteiger partial charge in [0, 0.05) is 42.3 Å². The Balaban J connectivity index is 1.33. The molecule has 1 aliphatic carbocycles. The number of hydrogen-bond donors (Lipinski definition) is 1. The zero-order valence-electron chi connectivity index (χ0n) is 17.9. The summed E-state index contributed by atoms with van der Waals surface area (Å²) in [6.45, 7) is 3.25. The highest BCUT2D eigenvalue weighted by Gasteiger charge is 2.30. The van der Waals surface area contributed by atoms with Crippen molar-refractivity contribution in [3.05, 3.63) is 52.6 Å². The number of halogens is 1. The van der Waals surface area contributed by atoms with Crippen LogP contribution in [0.4, 0.5) is 5.69 Å². The lowest BCUT2D eigenvalue weighted by molar-refractivity contribution is -0.130. The van der Waals surface area contributed by atoms with Gasteiger partial charge in [0.15, 0.2) is 0 Å². The van der Waals surface area contributed by atoms with E-state index in [1.54, 1.807) is 30.5 Å². The molecule has 2 aromatic rings. The second-order valence-corrected chi connectivity index (χ2v) is 9.14. The van der Waals surface area contributed by atoms with E-state index in [4.69, 9.17) is 11.6 Å². The molecule has 0 bridgehead atoms. The van der Waals surface area contributed by atoms with Gasteiger partial charge in [-0.1, -0.05) is 37.3 Å². The summed E-state index contributed by atoms with van der Waals surface area (Å²) in [5.41, 5.74) is 1.75. The van der Waals surface area contributed by atoms with Crippen LogP contribution in [0.2, 0.25) is 5.02 Å². The first-order valence-electron chi connectivity index (χ1n) is 11.2. The molecule has 164 valence electrons. The van der Waals surface area contributed by atoms with Gasteiger partial charge < -0.3 is 10.2 Å². The van der Waals surface area contributed by atoms with Crippen molar-refractivity contribution in [3.63, 3.8) is 0 Å². The third kappa shape index (κ3) is 5.42. The van der Waals surface area contributed by atoms with Crippen LogP contribution in [0, 0.1) is 12.8 Å². The van der Waals surface area contributed by atoms with Crippen LogP contribution in [-0.2, 0) is 4.79 Å². The monoisotopic (exact) mass is 440 g/mol. The predicted octanol–water partition coefficient (Wildman–Crippen LogP) is 4.98. The molecule has 2 amide bonds. The number of hydrogen-bond acceptors (Lipinski definition) is 4. The van der Waals surface area contributed by atoms with Crippen molar-refractivity contribution >= 4 is 29.1 Å². The smallest absolute Gasteiger partial charge is 0.259 e. The number of likely N-dealkylation sites (tertiary alicyclic amines) is 1. The molecule has 1 saturated carbocycles. The lowest BCUT2D eigenvalue weighted by Gasteiger charge is -2.18. The molecule has 1 aromatic carbocycles. The van der Waals surface area contributed by atoms with E-state index >= 15 is 0 Å². The van der Waals surface area contributed by atoms with Crippen LogP contribution in [0.25, 0.3) is 0 Å². The van der Waals surface area contributed by atoms with Crippen molar-refractivity contribution in [1.82, 2.24) is 14.9 Å². The fraction of sp³-hybridized carbons (Fsp3) is 0.500. The molecular formula is C24H29ClN4O2. The normalized spacial score (nSPS) is 19.0. The van der Waals surface area contributed by atoms with Gasteiger partial charge in [-0.25, -0.2) is 9.97 Å². The van der Waals surface area contributed by atoms with Crippen molar-refractivity contribution in [3.8, 4) is 0 Å². The summed E-state index contributed by atoms with van der Waals surface area (Å²) < 4.78 is 0. The number of aromatic nitrogens is 2. The Kier molecular flexibility index (Phi) is 6.86. The van der Waals surface area contributed by atoms with Gasteiger partial charge in [-0.05, 0) is 49.9 Å². The second-order valence-electron chi connectivity index (χ2n) is 8.70. The van der Waals surface area contributed by atoms with Gasteiger partial charge >= 0.3 is 0 Å². The molecule has 6 nitrogen and oxygen atoms in total. The van der Waals surface area contributed by atoms with Crippen LogP contribution in [0.5, 0.6) is 0 Å². The molecule has 7 heteroatoms. The lowest BCUT2D eigenvalue weighted by atomic mass is 10.0. The Bertz CT molecular complexity index is 941. The van der Waals surface area contributed by atoms with Gasteiger partial charge in [-0.15, -0.1) is 0 Å². The maximum Gasteiger partial charge on any atom is 0.259 e. The van der Waals surface area contributed by atoms with Crippen LogP contribution in [0.1, 0.15) is 72.7 Å². The van der Waals surface area contributed by atoms with E-state index in [1.807, 2.05) is 11.8 Å². The molecule has 2 aliphatic rings. The van der Waals surface area contributed by atoms with E-state index < -0.39 is 0 Å². The Morgan fingerprint density at radius 1 is 1.16 bits per heavy atom. The maximum absolute atomic E-state index is 12.6. The standard InChI is InChI=1S/C24H29ClN4O2/c1-16-21(24(31)28-20-9-7-19(25)8-10-20)14-26-23(27-16)18-12-13-29(15-18)22(30)11-6-17-4-2-3-5-17/h7-10,14,17-18H,2-6,11-13,15H2,1H3,(H,28,31)/t18-/m0/s1. The number of nitrogens with one attached hydrogen (secondary N) is 1. The molecule has 1 N–H and O–H groups in total. The minimum atomic E-state index is -0.249. The zero-order chi connectivity index (χ0) is 21.8. The lowest BCUT2D eigenvalue weighted by Crippen LogP contribution is -2.28. The molecular weight excluding hydrogens is 412 g/mol. The summed E-state index contributed by atoms with van der Waals surface area (Å²) in [5.74, 6) is 1.58. The third-order valence-corrected chi connectivity index (χ3v) is 6.74. The average molecular weight is 441 g/mol. The minimum Gasteiger partial charge on any atom is -0.342 e. The van der Waals surface area contributed by atoms with Crippen molar-refractivity contribution in [1.29, 1.82) is 0 Å². The molecule has 4 rings (SSSR count). The fourth-order valence-corrected chi connectivity index (χ4v) is 4.74. The van der Waals surface area contributed by atoms with Crippen LogP contribution >= 0.6 is 11.6 Å². The van der Waals surface area contributed by atoms with Gasteiger partial charge in [0.05, 0.1) is 11.3 Å². The van der Waals surface area contributed by atoms with Crippen LogP contribution < -0.4 is 5.32 Å². The second kappa shape index (κ2) is 9.77. The maximum atomic E-state index is 12.6. The van der Waals surface area contributed by atoms with Crippen LogP contribution in [0.15, 0.2) is 30.5 Å². The molecule has 0 unspecified atom stereocenters. The Morgan fingerprint density at radius 3 is 2.61 bits per heavy atom. The number of carbonyl (C=O) groups is 2. The average Bonchev–Trinajstić information content (AvgIpc) is 3.46. The summed E-state index contributed by atoms with van der Waals surface area (Å²) >= 11 is 5.89. The van der Waals surface area contributed by atoms with Crippen molar-refractivity contribution < 1.29 is 9.59 Å². The summed E-state index contributed by atoms with van der Waals surface area (Å²) in [6.07, 6.45) is 9.32. The van der Waals surface area contributed by atoms with E-state index in [0.717, 1.165) is 25.3 Å². The van der Waals surface area contributed by atoms with Crippen molar-refractivity contribution in [2.45, 2.75) is 57.8 Å². The largest absolute Gasteiger partial charge is 0.342 e. The summed E-state index contributed by atoms with van der Waals surface area (Å²) in [4.78, 5) is 36.2. The van der Waals surface area contributed by atoms with E-state index in [2.05, 4.69) is 15.3 Å². The van der Waals surface area contributed by atoms with E-state index in [9.17, 15) is 9.59 Å². The number of anilines is 1. The topological polar surface area (TPSA) is 75.2 Å². The fourth-order valence-electron chi connectivity index (χ4n) is 4.62. The predicted molar refractivity (Wildman–Crippen MR) is 121 cm³/mol. The van der Waals surface area contributed by atoms with E-state index in [-0.39, 0.29) is 17.7 Å². The Morgan fingerprint density at radius 2 is 1.90 bits per heavy atom. The molecule has 1 aliphatic heterocycles. The molecule has 0 radical (unpaired) electrons. The molecule has 31 heavy (non-hydrogen) atoms. The third-order valence-electron chi connectivity index (χ3n) is 6.49. The SMILES string of the molecule is Cc1nc([C@H]2CCN(C(=O)CCC3CCCC3)C2)ncc1C(=O)Nc1ccc(Cl)cc1. The Labute approximate surface area is 188 Å². The minimum absolute atomic E-state index is 0.127. The number of benzene rings is 1. The summed E-state index contributed by atoms with van der Waals surface area (Å²) in [6, 6.07) is 6.96. The highest BCUT2D eigenvalue weighted by Crippen LogP contribution is 2.30. The first kappa shape index (κ1) is 21.8. The van der Waals surface area contributed by atoms with Gasteiger partial charge in [0.25, 0.3) is 5.91 Å². The summed E-state index contributed by atoms with van der Waals surface area (Å²) in [5, 5.41) is 3.46. The first-order chi connectivity index (χ1) is 15.0. The van der Waals surface area contributed by atoms with Crippen LogP contribution in [0.3, 0.4) is 0 Å². The molecule has 1 saturated heterocycles. The number of nitrogens with zero attached hydrogens (tertiary/aromatic N) is 3. The van der Waals surface area contributed by atoms with E-state index in [1.165, 1.54) is 25.7 Å². The first-order valence-corrected chi connectivity index (χ1v) is 11.6.